The van der Waals surface area contributed by atoms with Gasteiger partial charge < -0.3 is 4.42 Å². The van der Waals surface area contributed by atoms with Gasteiger partial charge in [0.25, 0.3) is 0 Å². The Kier molecular flexibility index (Phi) is 6.58. The lowest BCUT2D eigenvalue weighted by Gasteiger charge is -2.40. The predicted molar refractivity (Wildman–Crippen MR) is 175 cm³/mol. The molecule has 2 heterocycles. The van der Waals surface area contributed by atoms with Crippen molar-refractivity contribution in [3.8, 4) is 39.6 Å². The molecule has 0 unspecified atom stereocenters. The number of nitriles is 1. The summed E-state index contributed by atoms with van der Waals surface area (Å²) in [7, 11) is 4.13. The van der Waals surface area contributed by atoms with E-state index in [1.165, 1.54) is 11.8 Å². The monoisotopic (exact) mass is 548 g/mol. The lowest BCUT2D eigenvalue weighted by atomic mass is 9.41. The second-order valence-corrected chi connectivity index (χ2v) is 12.6. The highest BCUT2D eigenvalue weighted by Gasteiger charge is 2.36. The standard InChI is InChI=1S/C36H31B2FN2O/c1-21-8-10-22(11-9-21)23-12-14-24(15-13-23)32-25(19-40)16-17-27-26-6-5-7-28(33(26)42-34(27)32)31-18-29(30(39)20-41-31)36(37,38)35(2,3)4/h5-18,20H,37-38H2,1-4H3. The molecular weight excluding hydrogens is 517 g/mol. The van der Waals surface area contributed by atoms with E-state index in [0.29, 0.717) is 28.0 Å². The van der Waals surface area contributed by atoms with Gasteiger partial charge in [-0.05, 0) is 58.9 Å². The van der Waals surface area contributed by atoms with Crippen LogP contribution < -0.4 is 0 Å². The van der Waals surface area contributed by atoms with Gasteiger partial charge in [0.15, 0.2) is 0 Å². The fourth-order valence-corrected chi connectivity index (χ4v) is 5.49. The predicted octanol–water partition coefficient (Wildman–Crippen LogP) is 7.77. The van der Waals surface area contributed by atoms with E-state index in [1.54, 1.807) is 0 Å². The molecule has 0 spiro atoms. The van der Waals surface area contributed by atoms with Crippen LogP contribution in [0.3, 0.4) is 0 Å². The highest BCUT2D eigenvalue weighted by Crippen LogP contribution is 2.43. The van der Waals surface area contributed by atoms with Crippen molar-refractivity contribution in [2.75, 3.05) is 0 Å². The van der Waals surface area contributed by atoms with Crippen LogP contribution in [0.4, 0.5) is 4.39 Å². The van der Waals surface area contributed by atoms with E-state index in [9.17, 15) is 5.26 Å². The number of benzene rings is 4. The molecule has 204 valence electrons. The summed E-state index contributed by atoms with van der Waals surface area (Å²) in [5.74, 6) is -0.314. The van der Waals surface area contributed by atoms with Gasteiger partial charge in [-0.15, -0.1) is 0 Å². The fraction of sp³-hybridized carbons (Fsp3) is 0.167. The molecule has 0 aliphatic heterocycles. The number of hydrogen-bond acceptors (Lipinski definition) is 3. The molecule has 0 bridgehead atoms. The lowest BCUT2D eigenvalue weighted by Crippen LogP contribution is -2.42. The zero-order chi connectivity index (χ0) is 29.8. The molecule has 0 aliphatic carbocycles. The van der Waals surface area contributed by atoms with Gasteiger partial charge in [0.1, 0.15) is 32.7 Å². The van der Waals surface area contributed by atoms with Gasteiger partial charge in [-0.3, -0.25) is 4.98 Å². The van der Waals surface area contributed by atoms with Gasteiger partial charge in [-0.25, -0.2) is 4.39 Å². The molecule has 4 aromatic carbocycles. The first-order valence-electron chi connectivity index (χ1n) is 14.2. The van der Waals surface area contributed by atoms with Crippen LogP contribution in [0.2, 0.25) is 0 Å². The average Bonchev–Trinajstić information content (AvgIpc) is 3.36. The third kappa shape index (κ3) is 4.50. The maximum Gasteiger partial charge on any atom is 0.144 e. The summed E-state index contributed by atoms with van der Waals surface area (Å²) in [6.45, 7) is 8.43. The first-order chi connectivity index (χ1) is 20.0. The third-order valence-electron chi connectivity index (χ3n) is 9.03. The van der Waals surface area contributed by atoms with Crippen molar-refractivity contribution < 1.29 is 8.81 Å². The van der Waals surface area contributed by atoms with Crippen molar-refractivity contribution in [3.05, 3.63) is 114 Å². The number of fused-ring (bicyclic) bond motifs is 3. The Hall–Kier alpha value is -4.62. The topological polar surface area (TPSA) is 49.8 Å². The number of pyridine rings is 1. The second-order valence-electron chi connectivity index (χ2n) is 12.6. The highest BCUT2D eigenvalue weighted by atomic mass is 19.1. The molecule has 6 aromatic rings. The van der Waals surface area contributed by atoms with Crippen molar-refractivity contribution in [1.29, 1.82) is 5.26 Å². The lowest BCUT2D eigenvalue weighted by molar-refractivity contribution is 0.349. The van der Waals surface area contributed by atoms with Gasteiger partial charge in [0.05, 0.1) is 23.5 Å². The number of para-hydroxylation sites is 1. The van der Waals surface area contributed by atoms with E-state index in [2.05, 4.69) is 90.8 Å². The van der Waals surface area contributed by atoms with E-state index in [4.69, 9.17) is 4.42 Å². The molecule has 0 saturated heterocycles. The molecule has 0 radical (unpaired) electrons. The van der Waals surface area contributed by atoms with Gasteiger partial charge in [-0.1, -0.05) is 92.2 Å². The van der Waals surface area contributed by atoms with E-state index in [-0.39, 0.29) is 11.2 Å². The quantitative estimate of drug-likeness (QED) is 0.212. The van der Waals surface area contributed by atoms with Crippen LogP contribution in [-0.2, 0) is 5.21 Å². The largest absolute Gasteiger partial charge is 0.455 e. The summed E-state index contributed by atoms with van der Waals surface area (Å²) in [6, 6.07) is 30.6. The average molecular weight is 548 g/mol. The second kappa shape index (κ2) is 10.0. The molecule has 0 aliphatic rings. The summed E-state index contributed by atoms with van der Waals surface area (Å²) in [5, 5.41) is 11.5. The number of aryl methyl sites for hydroxylation is 1. The van der Waals surface area contributed by atoms with Gasteiger partial charge in [-0.2, -0.15) is 5.26 Å². The molecule has 0 N–H and O–H groups in total. The molecule has 42 heavy (non-hydrogen) atoms. The number of aromatic nitrogens is 1. The number of furan rings is 1. The van der Waals surface area contributed by atoms with Crippen LogP contribution in [0.25, 0.3) is 55.4 Å². The summed E-state index contributed by atoms with van der Waals surface area (Å²) in [5.41, 5.74) is 8.87. The van der Waals surface area contributed by atoms with Gasteiger partial charge in [0.2, 0.25) is 0 Å². The van der Waals surface area contributed by atoms with Gasteiger partial charge >= 0.3 is 0 Å². The van der Waals surface area contributed by atoms with Crippen molar-refractivity contribution >= 4 is 37.6 Å². The molecular formula is C36H31B2FN2O. The Bertz CT molecular complexity index is 2010. The molecule has 6 rings (SSSR count). The molecule has 0 saturated carbocycles. The molecule has 0 fully saturated rings. The summed E-state index contributed by atoms with van der Waals surface area (Å²) >= 11 is 0. The Labute approximate surface area is 247 Å². The van der Waals surface area contributed by atoms with E-state index >= 15 is 4.39 Å². The van der Waals surface area contributed by atoms with Crippen molar-refractivity contribution in [1.82, 2.24) is 4.98 Å². The van der Waals surface area contributed by atoms with Crippen LogP contribution in [-0.4, -0.2) is 20.7 Å². The summed E-state index contributed by atoms with van der Waals surface area (Å²) < 4.78 is 21.8. The normalized spacial score (nSPS) is 12.1. The van der Waals surface area contributed by atoms with E-state index < -0.39 is 5.21 Å². The summed E-state index contributed by atoms with van der Waals surface area (Å²) in [6.07, 6.45) is 1.31. The number of halogens is 1. The van der Waals surface area contributed by atoms with Crippen molar-refractivity contribution in [3.63, 3.8) is 0 Å². The minimum atomic E-state index is -0.434. The zero-order valence-electron chi connectivity index (χ0n) is 24.8. The maximum atomic E-state index is 15.2. The van der Waals surface area contributed by atoms with Crippen molar-refractivity contribution in [2.45, 2.75) is 32.9 Å². The van der Waals surface area contributed by atoms with Crippen molar-refractivity contribution in [2.24, 2.45) is 5.41 Å². The molecule has 2 aromatic heterocycles. The van der Waals surface area contributed by atoms with Crippen LogP contribution in [0.1, 0.15) is 37.5 Å². The Balaban J connectivity index is 1.53. The molecule has 0 atom stereocenters. The molecule has 0 amide bonds. The zero-order valence-corrected chi connectivity index (χ0v) is 24.8. The smallest absolute Gasteiger partial charge is 0.144 e. The number of hydrogen-bond donors (Lipinski definition) is 0. The highest BCUT2D eigenvalue weighted by molar-refractivity contribution is 6.40. The van der Waals surface area contributed by atoms with Crippen LogP contribution in [0, 0.1) is 29.5 Å². The maximum absolute atomic E-state index is 15.2. The fourth-order valence-electron chi connectivity index (χ4n) is 5.49. The Morgan fingerprint density at radius 1 is 0.810 bits per heavy atom. The third-order valence-corrected chi connectivity index (χ3v) is 9.03. The first kappa shape index (κ1) is 27.5. The van der Waals surface area contributed by atoms with E-state index in [1.807, 2.05) is 48.5 Å². The Morgan fingerprint density at radius 2 is 1.43 bits per heavy atom. The SMILES string of the molecule is BC(B)(c1cc(-c2cccc3c2oc2c(-c4ccc(-c5ccc(C)cc5)cc4)c(C#N)ccc23)ncc1F)C(C)(C)C. The first-order valence-corrected chi connectivity index (χ1v) is 14.2. The number of rotatable bonds is 4. The minimum Gasteiger partial charge on any atom is -0.455 e. The Morgan fingerprint density at radius 3 is 2.07 bits per heavy atom. The van der Waals surface area contributed by atoms with Gasteiger partial charge in [0, 0.05) is 21.9 Å². The summed E-state index contributed by atoms with van der Waals surface area (Å²) in [4.78, 5) is 4.50. The van der Waals surface area contributed by atoms with Crippen LogP contribution >= 0.6 is 0 Å². The molecule has 6 heteroatoms. The molecule has 3 nitrogen and oxygen atoms in total. The van der Waals surface area contributed by atoms with Crippen LogP contribution in [0.5, 0.6) is 0 Å². The van der Waals surface area contributed by atoms with Crippen LogP contribution in [0.15, 0.2) is 95.5 Å². The van der Waals surface area contributed by atoms with E-state index in [0.717, 1.165) is 38.6 Å². The number of nitrogens with zero attached hydrogens (tertiary/aromatic N) is 2. The minimum absolute atomic E-state index is 0.171.